The number of hydrogen-bond acceptors (Lipinski definition) is 2. The molecule has 0 saturated carbocycles. The summed E-state index contributed by atoms with van der Waals surface area (Å²) in [5.41, 5.74) is 1.15. The fraction of sp³-hybridized carbons (Fsp3) is 0.133. The molecule has 0 saturated heterocycles. The summed E-state index contributed by atoms with van der Waals surface area (Å²) in [6, 6.07) is 14.1. The highest BCUT2D eigenvalue weighted by molar-refractivity contribution is 6.36. The summed E-state index contributed by atoms with van der Waals surface area (Å²) in [6.07, 6.45) is -0.683. The summed E-state index contributed by atoms with van der Waals surface area (Å²) >= 11 is 11.9. The van der Waals surface area contributed by atoms with Crippen molar-refractivity contribution in [3.05, 3.63) is 69.7 Å². The lowest BCUT2D eigenvalue weighted by Crippen LogP contribution is -2.15. The van der Waals surface area contributed by atoms with Crippen LogP contribution in [0.4, 0.5) is 0 Å². The standard InChI is InChI=1S/C15H12Cl2O2/c1-19-15(10-5-3-2-4-6-10)14(18)12-9-11(16)7-8-13(12)17/h2-9,15H,1H3. The molecule has 2 aromatic rings. The average Bonchev–Trinajstić information content (AvgIpc) is 2.43. The highest BCUT2D eigenvalue weighted by atomic mass is 35.5. The van der Waals surface area contributed by atoms with E-state index in [2.05, 4.69) is 0 Å². The van der Waals surface area contributed by atoms with E-state index in [0.29, 0.717) is 15.6 Å². The Hall–Kier alpha value is -1.35. The fourth-order valence-electron chi connectivity index (χ4n) is 1.85. The molecule has 2 aromatic carbocycles. The molecule has 1 unspecified atom stereocenters. The third-order valence-corrected chi connectivity index (χ3v) is 3.33. The molecule has 0 bridgehead atoms. The minimum absolute atomic E-state index is 0.207. The molecule has 2 rings (SSSR count). The molecule has 0 N–H and O–H groups in total. The van der Waals surface area contributed by atoms with Gasteiger partial charge in [-0.25, -0.2) is 0 Å². The van der Waals surface area contributed by atoms with Crippen molar-refractivity contribution in [3.8, 4) is 0 Å². The first-order valence-electron chi connectivity index (χ1n) is 5.70. The number of methoxy groups -OCH3 is 1. The van der Waals surface area contributed by atoms with Crippen LogP contribution in [-0.4, -0.2) is 12.9 Å². The van der Waals surface area contributed by atoms with Crippen LogP contribution in [0.5, 0.6) is 0 Å². The Kier molecular flexibility index (Phi) is 4.59. The van der Waals surface area contributed by atoms with Gasteiger partial charge in [0.15, 0.2) is 5.78 Å². The fourth-order valence-corrected chi connectivity index (χ4v) is 2.23. The van der Waals surface area contributed by atoms with E-state index in [0.717, 1.165) is 5.56 Å². The molecule has 98 valence electrons. The van der Waals surface area contributed by atoms with Gasteiger partial charge in [0.2, 0.25) is 0 Å². The first kappa shape index (κ1) is 14.1. The quantitative estimate of drug-likeness (QED) is 0.773. The van der Waals surface area contributed by atoms with Gasteiger partial charge in [-0.05, 0) is 23.8 Å². The Morgan fingerprint density at radius 3 is 2.42 bits per heavy atom. The SMILES string of the molecule is COC(C(=O)c1cc(Cl)ccc1Cl)c1ccccc1. The molecule has 0 radical (unpaired) electrons. The van der Waals surface area contributed by atoms with Gasteiger partial charge >= 0.3 is 0 Å². The normalized spacial score (nSPS) is 12.2. The van der Waals surface area contributed by atoms with E-state index >= 15 is 0 Å². The number of ketones is 1. The maximum Gasteiger partial charge on any atom is 0.197 e. The summed E-state index contributed by atoms with van der Waals surface area (Å²) in [6.45, 7) is 0. The number of rotatable bonds is 4. The van der Waals surface area contributed by atoms with E-state index in [4.69, 9.17) is 27.9 Å². The van der Waals surface area contributed by atoms with E-state index in [-0.39, 0.29) is 5.78 Å². The first-order chi connectivity index (χ1) is 9.13. The molecule has 0 heterocycles. The first-order valence-corrected chi connectivity index (χ1v) is 6.46. The molecule has 0 amide bonds. The van der Waals surface area contributed by atoms with Crippen molar-refractivity contribution in [2.75, 3.05) is 7.11 Å². The van der Waals surface area contributed by atoms with Crippen molar-refractivity contribution < 1.29 is 9.53 Å². The maximum absolute atomic E-state index is 12.5. The third-order valence-electron chi connectivity index (χ3n) is 2.77. The summed E-state index contributed by atoms with van der Waals surface area (Å²) in [4.78, 5) is 12.5. The van der Waals surface area contributed by atoms with Gasteiger partial charge < -0.3 is 4.74 Å². The van der Waals surface area contributed by atoms with Crippen LogP contribution in [0.3, 0.4) is 0 Å². The number of Topliss-reactive ketones (excluding diaryl/α,β-unsaturated/α-hetero) is 1. The lowest BCUT2D eigenvalue weighted by molar-refractivity contribution is 0.0604. The molecule has 0 spiro atoms. The molecule has 2 nitrogen and oxygen atoms in total. The lowest BCUT2D eigenvalue weighted by atomic mass is 10.00. The summed E-state index contributed by atoms with van der Waals surface area (Å²) in [5, 5.41) is 0.836. The van der Waals surface area contributed by atoms with Gasteiger partial charge in [0.05, 0.1) is 5.02 Å². The molecule has 4 heteroatoms. The molecule has 0 aliphatic carbocycles. The second-order valence-electron chi connectivity index (χ2n) is 4.01. The topological polar surface area (TPSA) is 26.3 Å². The number of carbonyl (C=O) groups is 1. The van der Waals surface area contributed by atoms with Gasteiger partial charge in [-0.3, -0.25) is 4.79 Å². The van der Waals surface area contributed by atoms with Crippen molar-refractivity contribution >= 4 is 29.0 Å². The van der Waals surface area contributed by atoms with Crippen LogP contribution in [-0.2, 0) is 4.74 Å². The minimum Gasteiger partial charge on any atom is -0.369 e. The van der Waals surface area contributed by atoms with E-state index in [9.17, 15) is 4.79 Å². The largest absolute Gasteiger partial charge is 0.369 e. The van der Waals surface area contributed by atoms with Crippen LogP contribution in [0.15, 0.2) is 48.5 Å². The number of carbonyl (C=O) groups excluding carboxylic acids is 1. The lowest BCUT2D eigenvalue weighted by Gasteiger charge is -2.15. The number of hydrogen-bond donors (Lipinski definition) is 0. The van der Waals surface area contributed by atoms with Crippen LogP contribution in [0, 0.1) is 0 Å². The zero-order chi connectivity index (χ0) is 13.8. The zero-order valence-corrected chi connectivity index (χ0v) is 11.8. The van der Waals surface area contributed by atoms with Crippen molar-refractivity contribution in [2.24, 2.45) is 0 Å². The van der Waals surface area contributed by atoms with Crippen LogP contribution >= 0.6 is 23.2 Å². The van der Waals surface area contributed by atoms with Crippen LogP contribution in [0.2, 0.25) is 10.0 Å². The van der Waals surface area contributed by atoms with Crippen molar-refractivity contribution in [2.45, 2.75) is 6.10 Å². The monoisotopic (exact) mass is 294 g/mol. The smallest absolute Gasteiger partial charge is 0.197 e. The minimum atomic E-state index is -0.683. The molecular formula is C15H12Cl2O2. The highest BCUT2D eigenvalue weighted by Gasteiger charge is 2.23. The van der Waals surface area contributed by atoms with Crippen molar-refractivity contribution in [1.82, 2.24) is 0 Å². The summed E-state index contributed by atoms with van der Waals surface area (Å²) < 4.78 is 5.30. The van der Waals surface area contributed by atoms with Crippen molar-refractivity contribution in [1.29, 1.82) is 0 Å². The molecule has 0 aliphatic rings. The number of halogens is 2. The predicted octanol–water partition coefficient (Wildman–Crippen LogP) is 4.56. The van der Waals surface area contributed by atoms with Gasteiger partial charge in [-0.2, -0.15) is 0 Å². The van der Waals surface area contributed by atoms with E-state index in [1.165, 1.54) is 7.11 Å². The Balaban J connectivity index is 2.39. The summed E-state index contributed by atoms with van der Waals surface area (Å²) in [7, 11) is 1.49. The molecule has 0 aromatic heterocycles. The molecule has 1 atom stereocenters. The molecule has 0 aliphatic heterocycles. The second-order valence-corrected chi connectivity index (χ2v) is 4.86. The van der Waals surface area contributed by atoms with E-state index < -0.39 is 6.10 Å². The van der Waals surface area contributed by atoms with Gasteiger partial charge in [0.25, 0.3) is 0 Å². The Morgan fingerprint density at radius 1 is 1.11 bits per heavy atom. The molecular weight excluding hydrogens is 283 g/mol. The Labute approximate surface area is 121 Å². The number of ether oxygens (including phenoxy) is 1. The summed E-state index contributed by atoms with van der Waals surface area (Å²) in [5.74, 6) is -0.207. The molecule has 19 heavy (non-hydrogen) atoms. The van der Waals surface area contributed by atoms with Gasteiger partial charge in [0.1, 0.15) is 6.10 Å². The Morgan fingerprint density at radius 2 is 1.79 bits per heavy atom. The number of benzene rings is 2. The maximum atomic E-state index is 12.5. The highest BCUT2D eigenvalue weighted by Crippen LogP contribution is 2.27. The average molecular weight is 295 g/mol. The zero-order valence-electron chi connectivity index (χ0n) is 10.3. The van der Waals surface area contributed by atoms with Crippen molar-refractivity contribution in [3.63, 3.8) is 0 Å². The molecule has 0 fully saturated rings. The third kappa shape index (κ3) is 3.16. The van der Waals surface area contributed by atoms with Crippen LogP contribution < -0.4 is 0 Å². The van der Waals surface area contributed by atoms with Gasteiger partial charge in [0, 0.05) is 17.7 Å². The van der Waals surface area contributed by atoms with Gasteiger partial charge in [-0.15, -0.1) is 0 Å². The second kappa shape index (κ2) is 6.20. The van der Waals surface area contributed by atoms with Crippen LogP contribution in [0.25, 0.3) is 0 Å². The van der Waals surface area contributed by atoms with E-state index in [1.54, 1.807) is 18.2 Å². The predicted molar refractivity (Wildman–Crippen MR) is 77.0 cm³/mol. The van der Waals surface area contributed by atoms with Crippen LogP contribution in [0.1, 0.15) is 22.0 Å². The van der Waals surface area contributed by atoms with E-state index in [1.807, 2.05) is 30.3 Å². The Bertz CT molecular complexity index is 582. The van der Waals surface area contributed by atoms with Gasteiger partial charge in [-0.1, -0.05) is 53.5 Å².